The lowest BCUT2D eigenvalue weighted by Crippen LogP contribution is -2.14. The van der Waals surface area contributed by atoms with Gasteiger partial charge in [-0.2, -0.15) is 0 Å². The van der Waals surface area contributed by atoms with Crippen LogP contribution in [0.15, 0.2) is 73.2 Å². The van der Waals surface area contributed by atoms with Crippen molar-refractivity contribution in [3.05, 3.63) is 84.4 Å². The van der Waals surface area contributed by atoms with Crippen molar-refractivity contribution < 1.29 is 4.79 Å². The maximum absolute atomic E-state index is 13.2. The summed E-state index contributed by atoms with van der Waals surface area (Å²) in [6.07, 6.45) is 5.19. The van der Waals surface area contributed by atoms with E-state index in [4.69, 9.17) is 4.98 Å². The molecule has 4 aromatic heterocycles. The second-order valence-corrected chi connectivity index (χ2v) is 6.72. The second-order valence-electron chi connectivity index (χ2n) is 6.72. The number of rotatable bonds is 1. The molecule has 0 unspecified atom stereocenters. The molecule has 1 aromatic carbocycles. The zero-order valence-corrected chi connectivity index (χ0v) is 14.6. The Kier molecular flexibility index (Phi) is 2.97. The Labute approximate surface area is 159 Å². The molecule has 0 saturated carbocycles. The molecule has 1 aliphatic carbocycles. The number of nitrogens with zero attached hydrogens (tertiary/aromatic N) is 4. The predicted octanol–water partition coefficient (Wildman–Crippen LogP) is 4.45. The average Bonchev–Trinajstić information content (AvgIpc) is 2.77. The molecule has 5 heteroatoms. The van der Waals surface area contributed by atoms with Crippen molar-refractivity contribution >= 4 is 27.5 Å². The molecule has 5 aromatic rings. The van der Waals surface area contributed by atoms with Gasteiger partial charge in [0.2, 0.25) is 5.78 Å². The number of aromatic nitrogens is 4. The third-order valence-electron chi connectivity index (χ3n) is 5.15. The van der Waals surface area contributed by atoms with Crippen LogP contribution in [-0.2, 0) is 0 Å². The van der Waals surface area contributed by atoms with E-state index >= 15 is 0 Å². The van der Waals surface area contributed by atoms with Gasteiger partial charge in [-0.3, -0.25) is 14.8 Å². The first-order valence-corrected chi connectivity index (χ1v) is 8.95. The lowest BCUT2D eigenvalue weighted by molar-refractivity contribution is 0.103. The van der Waals surface area contributed by atoms with E-state index in [2.05, 4.69) is 15.0 Å². The minimum Gasteiger partial charge on any atom is -0.287 e. The van der Waals surface area contributed by atoms with Crippen molar-refractivity contribution in [2.45, 2.75) is 0 Å². The minimum atomic E-state index is -0.107. The number of benzene rings is 1. The zero-order valence-electron chi connectivity index (χ0n) is 14.6. The fourth-order valence-electron chi connectivity index (χ4n) is 3.88. The Morgan fingerprint density at radius 2 is 1.57 bits per heavy atom. The lowest BCUT2D eigenvalue weighted by Gasteiger charge is -2.19. The van der Waals surface area contributed by atoms with Gasteiger partial charge in [0.05, 0.1) is 16.8 Å². The summed E-state index contributed by atoms with van der Waals surface area (Å²) in [6.45, 7) is 0. The van der Waals surface area contributed by atoms with Crippen LogP contribution in [0.25, 0.3) is 44.3 Å². The van der Waals surface area contributed by atoms with Crippen molar-refractivity contribution in [2.75, 3.05) is 0 Å². The normalized spacial score (nSPS) is 12.4. The highest BCUT2D eigenvalue weighted by Crippen LogP contribution is 2.40. The monoisotopic (exact) mass is 360 g/mol. The van der Waals surface area contributed by atoms with Crippen LogP contribution in [-0.4, -0.2) is 25.7 Å². The van der Waals surface area contributed by atoms with Crippen molar-refractivity contribution in [3.8, 4) is 22.6 Å². The number of carbonyl (C=O) groups excluding carboxylic acids is 1. The third-order valence-corrected chi connectivity index (χ3v) is 5.15. The fraction of sp³-hybridized carbons (Fsp3) is 0. The lowest BCUT2D eigenvalue weighted by atomic mass is 9.89. The van der Waals surface area contributed by atoms with Crippen LogP contribution in [0, 0.1) is 0 Å². The van der Waals surface area contributed by atoms with Crippen LogP contribution < -0.4 is 0 Å². The van der Waals surface area contributed by atoms with E-state index in [-0.39, 0.29) is 5.78 Å². The Hall–Kier alpha value is -3.99. The molecule has 0 fully saturated rings. The Balaban J connectivity index is 1.85. The molecule has 0 aliphatic heterocycles. The summed E-state index contributed by atoms with van der Waals surface area (Å²) >= 11 is 0. The highest BCUT2D eigenvalue weighted by molar-refractivity contribution is 6.27. The van der Waals surface area contributed by atoms with E-state index in [0.717, 1.165) is 32.9 Å². The van der Waals surface area contributed by atoms with Crippen molar-refractivity contribution in [1.82, 2.24) is 19.9 Å². The fourth-order valence-corrected chi connectivity index (χ4v) is 3.88. The van der Waals surface area contributed by atoms with Gasteiger partial charge in [0.1, 0.15) is 17.1 Å². The molecule has 0 N–H and O–H groups in total. The smallest absolute Gasteiger partial charge is 0.214 e. The molecule has 130 valence electrons. The second kappa shape index (κ2) is 5.50. The highest BCUT2D eigenvalue weighted by Gasteiger charge is 2.30. The Morgan fingerprint density at radius 3 is 2.46 bits per heavy atom. The van der Waals surface area contributed by atoms with Crippen LogP contribution in [0.5, 0.6) is 0 Å². The van der Waals surface area contributed by atoms with Gasteiger partial charge in [0.15, 0.2) is 0 Å². The average molecular weight is 360 g/mol. The maximum atomic E-state index is 13.2. The van der Waals surface area contributed by atoms with Gasteiger partial charge in [-0.15, -0.1) is 0 Å². The quantitative estimate of drug-likeness (QED) is 0.405. The van der Waals surface area contributed by atoms with Crippen LogP contribution in [0.3, 0.4) is 0 Å². The molecular weight excluding hydrogens is 348 g/mol. The van der Waals surface area contributed by atoms with Gasteiger partial charge in [0, 0.05) is 34.9 Å². The number of para-hydroxylation sites is 1. The molecule has 1 aliphatic rings. The van der Waals surface area contributed by atoms with Gasteiger partial charge in [-0.05, 0) is 41.8 Å². The number of hydrogen-bond donors (Lipinski definition) is 0. The topological polar surface area (TPSA) is 68.6 Å². The summed E-state index contributed by atoms with van der Waals surface area (Å²) in [7, 11) is 0. The molecule has 0 spiro atoms. The number of hydrogen-bond acceptors (Lipinski definition) is 5. The van der Waals surface area contributed by atoms with Crippen LogP contribution >= 0.6 is 0 Å². The summed E-state index contributed by atoms with van der Waals surface area (Å²) < 4.78 is 0. The molecule has 5 nitrogen and oxygen atoms in total. The molecule has 28 heavy (non-hydrogen) atoms. The van der Waals surface area contributed by atoms with Gasteiger partial charge in [0.25, 0.3) is 0 Å². The molecular formula is C23H12N4O. The molecule has 6 rings (SSSR count). The van der Waals surface area contributed by atoms with E-state index in [1.807, 2.05) is 42.5 Å². The van der Waals surface area contributed by atoms with Gasteiger partial charge < -0.3 is 0 Å². The predicted molar refractivity (Wildman–Crippen MR) is 107 cm³/mol. The SMILES string of the molecule is O=C1c2cccnc2-c2nc(-c3ccncc3)cc3c2c1nc1ccccc13. The van der Waals surface area contributed by atoms with E-state index < -0.39 is 0 Å². The van der Waals surface area contributed by atoms with Crippen molar-refractivity contribution in [3.63, 3.8) is 0 Å². The van der Waals surface area contributed by atoms with Crippen LogP contribution in [0.2, 0.25) is 0 Å². The van der Waals surface area contributed by atoms with Gasteiger partial charge >= 0.3 is 0 Å². The zero-order chi connectivity index (χ0) is 18.7. The molecule has 4 heterocycles. The van der Waals surface area contributed by atoms with Crippen LogP contribution in [0.1, 0.15) is 16.1 Å². The van der Waals surface area contributed by atoms with Gasteiger partial charge in [-0.25, -0.2) is 9.97 Å². The first kappa shape index (κ1) is 15.1. The van der Waals surface area contributed by atoms with E-state index in [1.165, 1.54) is 0 Å². The molecule has 0 radical (unpaired) electrons. The first-order chi connectivity index (χ1) is 13.8. The molecule has 0 atom stereocenters. The number of pyridine rings is 4. The summed E-state index contributed by atoms with van der Waals surface area (Å²) in [5.41, 5.74) is 4.87. The Bertz CT molecular complexity index is 1430. The standard InChI is InChI=1S/C23H12N4O/c28-23-15-5-3-9-25-20(15)21-19-16(12-18(27-21)13-7-10-24-11-8-13)14-4-1-2-6-17(14)26-22(19)23/h1-12H. The van der Waals surface area contributed by atoms with Gasteiger partial charge in [-0.1, -0.05) is 18.2 Å². The summed E-state index contributed by atoms with van der Waals surface area (Å²) in [5.74, 6) is -0.107. The first-order valence-electron chi connectivity index (χ1n) is 8.95. The van der Waals surface area contributed by atoms with E-state index in [9.17, 15) is 4.79 Å². The maximum Gasteiger partial charge on any atom is 0.214 e. The molecule has 0 bridgehead atoms. The van der Waals surface area contributed by atoms with Crippen molar-refractivity contribution in [2.24, 2.45) is 0 Å². The van der Waals surface area contributed by atoms with Crippen molar-refractivity contribution in [1.29, 1.82) is 0 Å². The largest absolute Gasteiger partial charge is 0.287 e. The van der Waals surface area contributed by atoms with Crippen LogP contribution in [0.4, 0.5) is 0 Å². The number of ketones is 1. The summed E-state index contributed by atoms with van der Waals surface area (Å²) in [4.78, 5) is 31.3. The van der Waals surface area contributed by atoms with E-state index in [1.54, 1.807) is 30.7 Å². The minimum absolute atomic E-state index is 0.107. The highest BCUT2D eigenvalue weighted by atomic mass is 16.1. The number of carbonyl (C=O) groups is 1. The molecule has 0 amide bonds. The molecule has 0 saturated heterocycles. The summed E-state index contributed by atoms with van der Waals surface area (Å²) in [5, 5.41) is 2.72. The number of fused-ring (bicyclic) bond motifs is 4. The summed E-state index contributed by atoms with van der Waals surface area (Å²) in [6, 6.07) is 17.3. The van der Waals surface area contributed by atoms with E-state index in [0.29, 0.717) is 22.6 Å². The third kappa shape index (κ3) is 1.98. The Morgan fingerprint density at radius 1 is 0.714 bits per heavy atom.